The average Bonchev–Trinajstić information content (AvgIpc) is 3.61. The quantitative estimate of drug-likeness (QED) is 0.144. The molecule has 0 unspecified atom stereocenters. The first-order chi connectivity index (χ1) is 29.6. The fraction of sp³-hybridized carbons (Fsp3) is 0.956. The van der Waals surface area contributed by atoms with Gasteiger partial charge in [0, 0.05) is 17.8 Å². The van der Waals surface area contributed by atoms with Crippen molar-refractivity contribution >= 4 is 0 Å². The zero-order valence-electron chi connectivity index (χ0n) is 37.2. The van der Waals surface area contributed by atoms with E-state index in [1.165, 1.54) is 19.4 Å². The minimum atomic E-state index is -1.77. The van der Waals surface area contributed by atoms with Gasteiger partial charge in [0.05, 0.1) is 43.2 Å². The number of allylic oxidation sites excluding steroid dienone is 1. The highest BCUT2D eigenvalue weighted by atomic mass is 16.8. The highest BCUT2D eigenvalue weighted by Crippen LogP contribution is 2.72. The number of aliphatic hydroxyl groups excluding tert-OH is 8. The Morgan fingerprint density at radius 2 is 1.32 bits per heavy atom. The molecule has 360 valence electrons. The van der Waals surface area contributed by atoms with Crippen LogP contribution in [0.4, 0.5) is 0 Å². The monoisotopic (exact) mass is 900 g/mol. The fourth-order valence-corrected chi connectivity index (χ4v) is 13.9. The molecule has 0 radical (unpaired) electrons. The number of rotatable bonds is 7. The topological polar surface area (TPSA) is 276 Å². The van der Waals surface area contributed by atoms with Crippen LogP contribution in [0, 0.1) is 34.5 Å². The van der Waals surface area contributed by atoms with Crippen molar-refractivity contribution in [2.45, 2.75) is 221 Å². The van der Waals surface area contributed by atoms with Crippen molar-refractivity contribution in [1.82, 2.24) is 0 Å². The normalized spacial score (nSPS) is 59.3. The molecule has 1 spiro atoms. The van der Waals surface area contributed by atoms with E-state index in [4.69, 9.17) is 37.9 Å². The van der Waals surface area contributed by atoms with Crippen molar-refractivity contribution in [2.24, 2.45) is 34.5 Å². The van der Waals surface area contributed by atoms with Gasteiger partial charge in [0.1, 0.15) is 66.6 Å². The van der Waals surface area contributed by atoms with E-state index >= 15 is 0 Å². The van der Waals surface area contributed by atoms with E-state index in [1.54, 1.807) is 6.92 Å². The van der Waals surface area contributed by atoms with Crippen molar-refractivity contribution in [3.63, 3.8) is 0 Å². The standard InChI is InChI=1S/C45H72O18/c1-19-29(47)30(48)33(51)38(57-19)61-36-20(2)58-39(34(52)31(36)49)62-37-27(17-46)60-40(35(53)32(37)50)59-23-9-11-42(5)22(15-23)7-8-24-25(42)10-12-43(6)26(24)16-28-45(43,55)21(3)44(63-28)14-13-41(4,54)18-56-44/h7,19-21,23-40,46-55H,8-18H2,1-6H3/t19-,20-,21+,23-,24+,25-,26-,27+,28-,29-,30+,31-,32+,33+,34+,35+,36-,37+,38-,39-,40+,41-,42-,43-,44+,45+/m0/s1. The SMILES string of the molecule is C[C@@H]1O[C@@H](O[C@@H]2[C@@H](O)[C@@H](O)[C@H](O[C@H]3[C@H](O)[C@@H](O)[C@H](O[C@H]4CC[C@@]5(C)C(=CC[C@@H]6[C@@H]5CC[C@@]5(C)[C@H]6C[C@@H]6O[C@]7(CC[C@](C)(O)CO7)[C@@H](C)[C@@]65O)C4)O[C@@H]3CO)O[C@H]2C)[C@H](O)[C@H](O)[C@H]1O. The van der Waals surface area contributed by atoms with Gasteiger partial charge in [-0.3, -0.25) is 0 Å². The van der Waals surface area contributed by atoms with E-state index < -0.39 is 116 Å². The van der Waals surface area contributed by atoms with Gasteiger partial charge in [-0.15, -0.1) is 0 Å². The Balaban J connectivity index is 0.817. The molecule has 5 saturated heterocycles. The molecule has 18 heteroatoms. The molecule has 63 heavy (non-hydrogen) atoms. The van der Waals surface area contributed by atoms with E-state index in [2.05, 4.69) is 26.8 Å². The highest BCUT2D eigenvalue weighted by molar-refractivity contribution is 5.29. The maximum Gasteiger partial charge on any atom is 0.187 e. The number of hydrogen-bond acceptors (Lipinski definition) is 18. The van der Waals surface area contributed by atoms with Crippen molar-refractivity contribution in [1.29, 1.82) is 0 Å². The molecule has 5 heterocycles. The zero-order valence-corrected chi connectivity index (χ0v) is 37.2. The molecule has 26 atom stereocenters. The Morgan fingerprint density at radius 1 is 0.683 bits per heavy atom. The number of ether oxygens (including phenoxy) is 8. The lowest BCUT2D eigenvalue weighted by Crippen LogP contribution is -2.65. The van der Waals surface area contributed by atoms with Gasteiger partial charge in [-0.2, -0.15) is 0 Å². The summed E-state index contributed by atoms with van der Waals surface area (Å²) in [5.74, 6) is -0.102. The second kappa shape index (κ2) is 16.6. The Morgan fingerprint density at radius 3 is 1.98 bits per heavy atom. The van der Waals surface area contributed by atoms with Gasteiger partial charge < -0.3 is 89.0 Å². The summed E-state index contributed by atoms with van der Waals surface area (Å²) < 4.78 is 48.5. The predicted molar refractivity (Wildman–Crippen MR) is 216 cm³/mol. The molecule has 4 aliphatic carbocycles. The average molecular weight is 901 g/mol. The van der Waals surface area contributed by atoms with Gasteiger partial charge in [0.2, 0.25) is 0 Å². The van der Waals surface area contributed by atoms with Gasteiger partial charge in [-0.25, -0.2) is 0 Å². The first-order valence-electron chi connectivity index (χ1n) is 23.3. The van der Waals surface area contributed by atoms with E-state index in [1.807, 2.05) is 0 Å². The molecular weight excluding hydrogens is 828 g/mol. The molecular formula is C45H72O18. The molecule has 0 bridgehead atoms. The van der Waals surface area contributed by atoms with Crippen LogP contribution < -0.4 is 0 Å². The van der Waals surface area contributed by atoms with Crippen molar-refractivity contribution < 1.29 is 89.0 Å². The molecule has 3 saturated carbocycles. The van der Waals surface area contributed by atoms with Crippen LogP contribution in [0.3, 0.4) is 0 Å². The second-order valence-electron chi connectivity index (χ2n) is 21.5. The molecule has 5 aliphatic heterocycles. The van der Waals surface area contributed by atoms with E-state index in [0.29, 0.717) is 37.5 Å². The van der Waals surface area contributed by atoms with Crippen LogP contribution in [0.2, 0.25) is 0 Å². The highest BCUT2D eigenvalue weighted by Gasteiger charge is 2.76. The molecule has 10 N–H and O–H groups in total. The first-order valence-corrected chi connectivity index (χ1v) is 23.3. The van der Waals surface area contributed by atoms with Gasteiger partial charge in [-0.1, -0.05) is 32.4 Å². The van der Waals surface area contributed by atoms with Crippen molar-refractivity contribution in [3.05, 3.63) is 11.6 Å². The Hall–Kier alpha value is -0.980. The Kier molecular flexibility index (Phi) is 12.4. The maximum atomic E-state index is 12.7. The van der Waals surface area contributed by atoms with Crippen molar-refractivity contribution in [3.8, 4) is 0 Å². The summed E-state index contributed by atoms with van der Waals surface area (Å²) in [4.78, 5) is 0. The van der Waals surface area contributed by atoms with Crippen LogP contribution in [0.15, 0.2) is 11.6 Å². The largest absolute Gasteiger partial charge is 0.394 e. The molecule has 0 aromatic rings. The minimum absolute atomic E-state index is 0.0910. The lowest BCUT2D eigenvalue weighted by Gasteiger charge is -2.60. The summed E-state index contributed by atoms with van der Waals surface area (Å²) in [6.07, 6.45) is -13.1. The smallest absolute Gasteiger partial charge is 0.187 e. The third kappa shape index (κ3) is 7.35. The van der Waals surface area contributed by atoms with Crippen molar-refractivity contribution in [2.75, 3.05) is 13.2 Å². The van der Waals surface area contributed by atoms with E-state index in [-0.39, 0.29) is 41.5 Å². The minimum Gasteiger partial charge on any atom is -0.394 e. The molecule has 0 aromatic heterocycles. The Labute approximate surface area is 368 Å². The lowest BCUT2D eigenvalue weighted by atomic mass is 9.46. The van der Waals surface area contributed by atoms with Crippen LogP contribution in [0.25, 0.3) is 0 Å². The van der Waals surface area contributed by atoms with E-state index in [0.717, 1.165) is 32.1 Å². The molecule has 9 rings (SSSR count). The summed E-state index contributed by atoms with van der Waals surface area (Å²) in [5, 5.41) is 109. The molecule has 8 fully saturated rings. The molecule has 9 aliphatic rings. The van der Waals surface area contributed by atoms with Gasteiger partial charge in [-0.05, 0) is 95.3 Å². The molecule has 18 nitrogen and oxygen atoms in total. The Bertz CT molecular complexity index is 1690. The molecule has 0 aromatic carbocycles. The number of fused-ring (bicyclic) bond motifs is 7. The van der Waals surface area contributed by atoms with Crippen LogP contribution in [-0.2, 0) is 37.9 Å². The number of hydrogen-bond donors (Lipinski definition) is 10. The summed E-state index contributed by atoms with van der Waals surface area (Å²) in [6, 6.07) is 0. The zero-order chi connectivity index (χ0) is 45.3. The van der Waals surface area contributed by atoms with Gasteiger partial charge in [0.25, 0.3) is 0 Å². The van der Waals surface area contributed by atoms with Crippen LogP contribution >= 0.6 is 0 Å². The maximum absolute atomic E-state index is 12.7. The summed E-state index contributed by atoms with van der Waals surface area (Å²) >= 11 is 0. The van der Waals surface area contributed by atoms with Crippen LogP contribution in [0.5, 0.6) is 0 Å². The third-order valence-electron chi connectivity index (χ3n) is 17.9. The van der Waals surface area contributed by atoms with Gasteiger partial charge in [0.15, 0.2) is 24.7 Å². The fourth-order valence-electron chi connectivity index (χ4n) is 13.9. The summed E-state index contributed by atoms with van der Waals surface area (Å²) in [7, 11) is 0. The summed E-state index contributed by atoms with van der Waals surface area (Å²) in [5.41, 5.74) is -1.10. The predicted octanol–water partition coefficient (Wildman–Crippen LogP) is -0.528. The summed E-state index contributed by atoms with van der Waals surface area (Å²) in [6.45, 7) is 11.0. The lowest BCUT2D eigenvalue weighted by molar-refractivity contribution is -0.376. The van der Waals surface area contributed by atoms with Crippen LogP contribution in [0.1, 0.15) is 99.3 Å². The van der Waals surface area contributed by atoms with E-state index in [9.17, 15) is 51.1 Å². The second-order valence-corrected chi connectivity index (χ2v) is 21.5. The molecule has 0 amide bonds. The van der Waals surface area contributed by atoms with Gasteiger partial charge >= 0.3 is 0 Å². The van der Waals surface area contributed by atoms with Crippen LogP contribution in [-0.4, -0.2) is 186 Å². The first kappa shape index (κ1) is 47.1. The third-order valence-corrected chi connectivity index (χ3v) is 17.9. The number of aliphatic hydroxyl groups is 10.